The Bertz CT molecular complexity index is 540. The third-order valence-electron chi connectivity index (χ3n) is 3.44. The number of hydrogen-bond acceptors (Lipinski definition) is 4. The first-order valence-corrected chi connectivity index (χ1v) is 9.39. The fourth-order valence-electron chi connectivity index (χ4n) is 2.15. The molecule has 0 radical (unpaired) electrons. The van der Waals surface area contributed by atoms with Crippen LogP contribution in [0.2, 0.25) is 0 Å². The highest BCUT2D eigenvalue weighted by atomic mass is 32.2. The van der Waals surface area contributed by atoms with E-state index in [0.29, 0.717) is 13.0 Å². The molecule has 0 fully saturated rings. The second-order valence-corrected chi connectivity index (χ2v) is 7.73. The highest BCUT2D eigenvalue weighted by molar-refractivity contribution is 7.91. The molecule has 1 N–H and O–H groups in total. The molecular weight excluding hydrogens is 286 g/mol. The molecular formula is C16H27NO3S. The van der Waals surface area contributed by atoms with Gasteiger partial charge in [0.15, 0.2) is 0 Å². The average molecular weight is 313 g/mol. The molecule has 1 rings (SSSR count). The molecule has 0 heterocycles. The number of benzene rings is 1. The maximum Gasteiger partial charge on any atom is 0.150 e. The highest BCUT2D eigenvalue weighted by Gasteiger charge is 2.12. The van der Waals surface area contributed by atoms with Crippen LogP contribution in [-0.2, 0) is 9.84 Å². The molecule has 0 aliphatic carbocycles. The summed E-state index contributed by atoms with van der Waals surface area (Å²) in [4.78, 5) is 0. The number of sulfone groups is 1. The Balaban J connectivity index is 2.67. The molecule has 0 saturated heterocycles. The van der Waals surface area contributed by atoms with Crippen molar-refractivity contribution in [2.24, 2.45) is 0 Å². The zero-order chi connectivity index (χ0) is 15.9. The lowest BCUT2D eigenvalue weighted by atomic mass is 10.0. The molecule has 120 valence electrons. The minimum absolute atomic E-state index is 0.188. The predicted molar refractivity (Wildman–Crippen MR) is 87.7 cm³/mol. The van der Waals surface area contributed by atoms with Gasteiger partial charge in [0.1, 0.15) is 15.6 Å². The minimum Gasteiger partial charge on any atom is -0.493 e. The molecule has 5 heteroatoms. The van der Waals surface area contributed by atoms with E-state index in [1.807, 2.05) is 13.0 Å². The van der Waals surface area contributed by atoms with E-state index in [2.05, 4.69) is 31.3 Å². The van der Waals surface area contributed by atoms with E-state index < -0.39 is 9.84 Å². The molecule has 0 amide bonds. The SMILES string of the molecule is CCNC(C)c1ccc(C)cc1OCCCS(=O)(=O)CC. The zero-order valence-electron chi connectivity index (χ0n) is 13.5. The van der Waals surface area contributed by atoms with Crippen LogP contribution in [0, 0.1) is 6.92 Å². The van der Waals surface area contributed by atoms with Gasteiger partial charge in [-0.25, -0.2) is 8.42 Å². The predicted octanol–water partition coefficient (Wildman–Crippen LogP) is 2.87. The summed E-state index contributed by atoms with van der Waals surface area (Å²) >= 11 is 0. The van der Waals surface area contributed by atoms with Crippen molar-refractivity contribution in [1.82, 2.24) is 5.32 Å². The normalized spacial score (nSPS) is 13.1. The summed E-state index contributed by atoms with van der Waals surface area (Å²) in [7, 11) is -2.91. The lowest BCUT2D eigenvalue weighted by Gasteiger charge is -2.18. The smallest absolute Gasteiger partial charge is 0.150 e. The molecule has 1 aromatic carbocycles. The molecule has 0 aliphatic rings. The molecule has 1 aromatic rings. The quantitative estimate of drug-likeness (QED) is 0.712. The van der Waals surface area contributed by atoms with Gasteiger partial charge in [0, 0.05) is 17.4 Å². The van der Waals surface area contributed by atoms with E-state index >= 15 is 0 Å². The van der Waals surface area contributed by atoms with Crippen molar-refractivity contribution < 1.29 is 13.2 Å². The fraction of sp³-hybridized carbons (Fsp3) is 0.625. The molecule has 21 heavy (non-hydrogen) atoms. The van der Waals surface area contributed by atoms with E-state index in [9.17, 15) is 8.42 Å². The van der Waals surface area contributed by atoms with Crippen molar-refractivity contribution in [3.63, 3.8) is 0 Å². The van der Waals surface area contributed by atoms with Crippen LogP contribution < -0.4 is 10.1 Å². The summed E-state index contributed by atoms with van der Waals surface area (Å²) in [5, 5.41) is 3.37. The number of aryl methyl sites for hydroxylation is 1. The number of hydrogen-bond donors (Lipinski definition) is 1. The van der Waals surface area contributed by atoms with Crippen LogP contribution in [0.4, 0.5) is 0 Å². The number of ether oxygens (including phenoxy) is 1. The van der Waals surface area contributed by atoms with Gasteiger partial charge in [-0.3, -0.25) is 0 Å². The van der Waals surface area contributed by atoms with Gasteiger partial charge in [0.05, 0.1) is 12.4 Å². The Labute approximate surface area is 128 Å². The van der Waals surface area contributed by atoms with Gasteiger partial charge in [-0.2, -0.15) is 0 Å². The van der Waals surface area contributed by atoms with Crippen molar-refractivity contribution in [1.29, 1.82) is 0 Å². The summed E-state index contributed by atoms with van der Waals surface area (Å²) in [5.41, 5.74) is 2.25. The van der Waals surface area contributed by atoms with Crippen molar-refractivity contribution in [3.8, 4) is 5.75 Å². The van der Waals surface area contributed by atoms with E-state index in [-0.39, 0.29) is 17.5 Å². The number of nitrogens with one attached hydrogen (secondary N) is 1. The van der Waals surface area contributed by atoms with Crippen LogP contribution in [0.1, 0.15) is 44.4 Å². The van der Waals surface area contributed by atoms with Gasteiger partial charge in [-0.05, 0) is 38.4 Å². The molecule has 1 unspecified atom stereocenters. The Kier molecular flexibility index (Phi) is 7.18. The van der Waals surface area contributed by atoms with E-state index in [4.69, 9.17) is 4.74 Å². The highest BCUT2D eigenvalue weighted by Crippen LogP contribution is 2.26. The van der Waals surface area contributed by atoms with Crippen molar-refractivity contribution in [2.45, 2.75) is 40.2 Å². The Morgan fingerprint density at radius 2 is 2.00 bits per heavy atom. The summed E-state index contributed by atoms with van der Waals surface area (Å²) in [5.74, 6) is 1.23. The summed E-state index contributed by atoms with van der Waals surface area (Å²) in [6, 6.07) is 6.36. The fourth-order valence-corrected chi connectivity index (χ4v) is 2.99. The topological polar surface area (TPSA) is 55.4 Å². The van der Waals surface area contributed by atoms with Crippen LogP contribution in [0.15, 0.2) is 18.2 Å². The van der Waals surface area contributed by atoms with Crippen LogP contribution in [0.25, 0.3) is 0 Å². The monoisotopic (exact) mass is 313 g/mol. The maximum absolute atomic E-state index is 11.5. The van der Waals surface area contributed by atoms with Crippen molar-refractivity contribution in [3.05, 3.63) is 29.3 Å². The molecule has 0 aliphatic heterocycles. The third-order valence-corrected chi connectivity index (χ3v) is 5.23. The van der Waals surface area contributed by atoms with Crippen LogP contribution in [0.5, 0.6) is 5.75 Å². The van der Waals surface area contributed by atoms with Gasteiger partial charge in [0.2, 0.25) is 0 Å². The average Bonchev–Trinajstić information content (AvgIpc) is 2.44. The molecule has 0 aromatic heterocycles. The van der Waals surface area contributed by atoms with Crippen LogP contribution in [0.3, 0.4) is 0 Å². The molecule has 1 atom stereocenters. The standard InChI is InChI=1S/C16H27NO3S/c1-5-17-14(4)15-9-8-13(3)12-16(15)20-10-7-11-21(18,19)6-2/h8-9,12,14,17H,5-7,10-11H2,1-4H3. The van der Waals surface area contributed by atoms with Gasteiger partial charge >= 0.3 is 0 Å². The first-order valence-electron chi connectivity index (χ1n) is 7.56. The number of rotatable bonds is 9. The van der Waals surface area contributed by atoms with Crippen LogP contribution in [-0.4, -0.2) is 33.1 Å². The summed E-state index contributed by atoms with van der Waals surface area (Å²) in [6.45, 7) is 9.18. The van der Waals surface area contributed by atoms with Crippen molar-refractivity contribution >= 4 is 9.84 Å². The summed E-state index contributed by atoms with van der Waals surface area (Å²) in [6.07, 6.45) is 0.527. The van der Waals surface area contributed by atoms with Gasteiger partial charge in [0.25, 0.3) is 0 Å². The Morgan fingerprint density at radius 1 is 1.29 bits per heavy atom. The first kappa shape index (κ1) is 18.0. The molecule has 0 spiro atoms. The van der Waals surface area contributed by atoms with E-state index in [1.165, 1.54) is 0 Å². The van der Waals surface area contributed by atoms with Gasteiger partial charge in [-0.15, -0.1) is 0 Å². The van der Waals surface area contributed by atoms with Crippen molar-refractivity contribution in [2.75, 3.05) is 24.7 Å². The van der Waals surface area contributed by atoms with E-state index in [0.717, 1.165) is 23.4 Å². The lowest BCUT2D eigenvalue weighted by Crippen LogP contribution is -2.19. The minimum atomic E-state index is -2.91. The van der Waals surface area contributed by atoms with E-state index in [1.54, 1.807) is 6.92 Å². The second-order valence-electron chi connectivity index (χ2n) is 5.26. The van der Waals surface area contributed by atoms with Gasteiger partial charge in [-0.1, -0.05) is 26.0 Å². The maximum atomic E-state index is 11.5. The first-order chi connectivity index (χ1) is 9.89. The van der Waals surface area contributed by atoms with Gasteiger partial charge < -0.3 is 10.1 Å². The van der Waals surface area contributed by atoms with Crippen LogP contribution >= 0.6 is 0 Å². The largest absolute Gasteiger partial charge is 0.493 e. The molecule has 0 bridgehead atoms. The second kappa shape index (κ2) is 8.39. The molecule has 0 saturated carbocycles. The third kappa shape index (κ3) is 6.06. The summed E-state index contributed by atoms with van der Waals surface area (Å²) < 4.78 is 28.7. The lowest BCUT2D eigenvalue weighted by molar-refractivity contribution is 0.311. The zero-order valence-corrected chi connectivity index (χ0v) is 14.3. The molecule has 4 nitrogen and oxygen atoms in total. The Hall–Kier alpha value is -1.07. The Morgan fingerprint density at radius 3 is 2.62 bits per heavy atom.